The van der Waals surface area contributed by atoms with Gasteiger partial charge in [-0.05, 0) is 47.9 Å². The van der Waals surface area contributed by atoms with E-state index in [9.17, 15) is 50.4 Å². The number of carbonyl (C=O) groups excluding carboxylic acids is 1. The predicted octanol–water partition coefficient (Wildman–Crippen LogP) is 0.576. The van der Waals surface area contributed by atoms with Crippen molar-refractivity contribution in [2.75, 3.05) is 26.9 Å². The highest BCUT2D eigenvalue weighted by Gasteiger charge is 2.50. The van der Waals surface area contributed by atoms with Crippen LogP contribution in [0.1, 0.15) is 35.1 Å². The molecule has 1 saturated heterocycles. The number of fused-ring (bicyclic) bond motifs is 2. The number of allylic oxidation sites excluding steroid dienone is 1. The second kappa shape index (κ2) is 14.9. The second-order valence-corrected chi connectivity index (χ2v) is 12.6. The summed E-state index contributed by atoms with van der Waals surface area (Å²) in [5.41, 5.74) is 1.78. The number of aliphatic carboxylic acids is 1. The van der Waals surface area contributed by atoms with Gasteiger partial charge in [0.05, 0.1) is 44.0 Å². The first-order valence-corrected chi connectivity index (χ1v) is 16.0. The quantitative estimate of drug-likeness (QED) is 0.0900. The van der Waals surface area contributed by atoms with E-state index in [0.29, 0.717) is 28.0 Å². The van der Waals surface area contributed by atoms with E-state index in [1.54, 1.807) is 18.2 Å². The molecule has 2 aromatic rings. The van der Waals surface area contributed by atoms with Gasteiger partial charge in [0, 0.05) is 29.2 Å². The van der Waals surface area contributed by atoms with Crippen molar-refractivity contribution < 1.29 is 78.9 Å². The fraction of sp³-hybridized carbons (Fsp3) is 0.429. The number of phenolic OH excluding ortho intramolecular Hbond substituents is 2. The summed E-state index contributed by atoms with van der Waals surface area (Å²) in [5.74, 6) is -3.88. The number of rotatable bonds is 11. The Morgan fingerprint density at radius 1 is 0.980 bits per heavy atom. The first kappa shape index (κ1) is 36.1. The van der Waals surface area contributed by atoms with Crippen molar-refractivity contribution in [3.8, 4) is 23.0 Å². The van der Waals surface area contributed by atoms with Gasteiger partial charge in [-0.25, -0.2) is 9.59 Å². The van der Waals surface area contributed by atoms with Crippen LogP contribution in [0.3, 0.4) is 0 Å². The Bertz CT molecular complexity index is 1730. The molecule has 1 fully saturated rings. The van der Waals surface area contributed by atoms with Crippen molar-refractivity contribution in [1.82, 2.24) is 0 Å². The average Bonchev–Trinajstić information content (AvgIpc) is 3.72. The van der Waals surface area contributed by atoms with Gasteiger partial charge in [0.1, 0.15) is 48.6 Å². The third-order valence-corrected chi connectivity index (χ3v) is 9.48. The summed E-state index contributed by atoms with van der Waals surface area (Å²) in [5, 5.41) is 81.2. The Morgan fingerprint density at radius 2 is 1.76 bits per heavy atom. The molecule has 51 heavy (non-hydrogen) atoms. The maximum atomic E-state index is 12.9. The summed E-state index contributed by atoms with van der Waals surface area (Å²) >= 11 is 0. The van der Waals surface area contributed by atoms with E-state index < -0.39 is 79.4 Å². The van der Waals surface area contributed by atoms with Gasteiger partial charge < -0.3 is 69.3 Å². The monoisotopic (exact) mass is 714 g/mol. The van der Waals surface area contributed by atoms with E-state index in [0.717, 1.165) is 12.3 Å². The molecule has 10 atom stereocenters. The zero-order valence-corrected chi connectivity index (χ0v) is 27.1. The number of phenols is 2. The topological polar surface area (TPSA) is 251 Å². The maximum absolute atomic E-state index is 12.9. The molecule has 8 N–H and O–H groups in total. The van der Waals surface area contributed by atoms with Gasteiger partial charge in [0.25, 0.3) is 0 Å². The lowest BCUT2D eigenvalue weighted by atomic mass is 9.83. The van der Waals surface area contributed by atoms with Crippen LogP contribution in [0, 0.1) is 11.8 Å². The molecule has 3 aliphatic heterocycles. The largest absolute Gasteiger partial charge is 0.508 e. The molecule has 6 rings (SSSR count). The van der Waals surface area contributed by atoms with Crippen LogP contribution < -0.4 is 9.47 Å². The number of hydrogen-bond donors (Lipinski definition) is 8. The number of aliphatic hydroxyl groups is 5. The minimum absolute atomic E-state index is 0.0573. The fourth-order valence-electron chi connectivity index (χ4n) is 6.89. The molecule has 1 aliphatic carbocycles. The zero-order chi connectivity index (χ0) is 36.6. The van der Waals surface area contributed by atoms with Gasteiger partial charge in [-0.2, -0.15) is 0 Å². The molecule has 0 spiro atoms. The molecule has 16 nitrogen and oxygen atoms in total. The maximum Gasteiger partial charge on any atom is 0.335 e. The summed E-state index contributed by atoms with van der Waals surface area (Å²) in [6.45, 7) is -1.33. The minimum Gasteiger partial charge on any atom is -0.508 e. The van der Waals surface area contributed by atoms with Crippen LogP contribution in [0.25, 0.3) is 6.08 Å². The number of carboxylic acids is 1. The van der Waals surface area contributed by atoms with Crippen LogP contribution in [0.2, 0.25) is 0 Å². The van der Waals surface area contributed by atoms with Crippen molar-refractivity contribution in [1.29, 1.82) is 0 Å². The van der Waals surface area contributed by atoms with Crippen molar-refractivity contribution >= 4 is 18.0 Å². The SMILES string of the molecule is COc1cc(O)cc([C@@H]2Oc3c(O)cc(C=CC(=O)OCC4=CC[C@@H]5C(C(=O)O)=CO[C@@H](O[C@@H]6O[C@H](CO)[C@@H](O)[C@H](O)[C@H]6O)[C@H]45)cc3[C@H]2CO)c1. The number of methoxy groups -OCH3 is 1. The van der Waals surface area contributed by atoms with Gasteiger partial charge in [-0.3, -0.25) is 0 Å². The van der Waals surface area contributed by atoms with Crippen molar-refractivity contribution in [3.05, 3.63) is 76.6 Å². The smallest absolute Gasteiger partial charge is 0.335 e. The molecule has 16 heteroatoms. The third-order valence-electron chi connectivity index (χ3n) is 9.48. The first-order chi connectivity index (χ1) is 24.4. The van der Waals surface area contributed by atoms with E-state index >= 15 is 0 Å². The molecule has 0 radical (unpaired) electrons. The van der Waals surface area contributed by atoms with Crippen molar-refractivity contribution in [3.63, 3.8) is 0 Å². The molecule has 3 heterocycles. The highest BCUT2D eigenvalue weighted by Crippen LogP contribution is 2.51. The predicted molar refractivity (Wildman–Crippen MR) is 171 cm³/mol. The third kappa shape index (κ3) is 7.12. The number of ether oxygens (including phenoxy) is 6. The lowest BCUT2D eigenvalue weighted by molar-refractivity contribution is -0.339. The van der Waals surface area contributed by atoms with E-state index in [-0.39, 0.29) is 42.5 Å². The molecular formula is C35H38O16. The van der Waals surface area contributed by atoms with Crippen LogP contribution in [0.4, 0.5) is 0 Å². The normalized spacial score (nSPS) is 31.2. The summed E-state index contributed by atoms with van der Waals surface area (Å²) in [4.78, 5) is 24.8. The number of carboxylic acid groups (broad SMARTS) is 1. The Kier molecular flexibility index (Phi) is 10.5. The molecule has 0 amide bonds. The summed E-state index contributed by atoms with van der Waals surface area (Å²) < 4.78 is 33.5. The van der Waals surface area contributed by atoms with E-state index in [1.165, 1.54) is 31.4 Å². The van der Waals surface area contributed by atoms with Gasteiger partial charge in [-0.1, -0.05) is 6.08 Å². The van der Waals surface area contributed by atoms with E-state index in [2.05, 4.69) is 0 Å². The van der Waals surface area contributed by atoms with Gasteiger partial charge >= 0.3 is 11.9 Å². The Balaban J connectivity index is 1.14. The average molecular weight is 715 g/mol. The van der Waals surface area contributed by atoms with Crippen LogP contribution in [0.15, 0.2) is 59.9 Å². The van der Waals surface area contributed by atoms with Gasteiger partial charge in [0.15, 0.2) is 17.8 Å². The zero-order valence-electron chi connectivity index (χ0n) is 27.1. The molecule has 2 aromatic carbocycles. The highest BCUT2D eigenvalue weighted by atomic mass is 16.8. The molecule has 0 bridgehead atoms. The number of esters is 1. The number of benzene rings is 2. The number of carbonyl (C=O) groups is 2. The lowest BCUT2D eigenvalue weighted by Crippen LogP contribution is -2.60. The first-order valence-electron chi connectivity index (χ1n) is 16.0. The molecule has 0 aromatic heterocycles. The minimum atomic E-state index is -1.73. The molecule has 4 aliphatic rings. The van der Waals surface area contributed by atoms with Crippen molar-refractivity contribution in [2.45, 2.75) is 55.4 Å². The van der Waals surface area contributed by atoms with Crippen LogP contribution in [-0.4, -0.2) is 117 Å². The lowest BCUT2D eigenvalue weighted by Gasteiger charge is -2.42. The molecular weight excluding hydrogens is 676 g/mol. The van der Waals surface area contributed by atoms with E-state index in [4.69, 9.17) is 28.4 Å². The second-order valence-electron chi connectivity index (χ2n) is 12.6. The summed E-state index contributed by atoms with van der Waals surface area (Å²) in [6.07, 6.45) is -4.42. The number of hydrogen-bond acceptors (Lipinski definition) is 15. The van der Waals surface area contributed by atoms with Crippen LogP contribution >= 0.6 is 0 Å². The van der Waals surface area contributed by atoms with Gasteiger partial charge in [0.2, 0.25) is 6.29 Å². The number of aliphatic hydroxyl groups excluding tert-OH is 5. The Labute approximate surface area is 290 Å². The number of aromatic hydroxyl groups is 2. The van der Waals surface area contributed by atoms with Crippen LogP contribution in [0.5, 0.6) is 23.0 Å². The molecule has 0 unspecified atom stereocenters. The molecule has 274 valence electrons. The standard InChI is InChI=1S/C35H38O16/c1-46-19-9-17(8-18(38)10-19)31-22(11-36)21-6-15(7-24(39)32(21)50-31)2-5-26(40)47-13-16-3-4-20-23(33(44)45)14-48-34(27(16)20)51-35-30(43)29(42)28(41)25(12-37)49-35/h2-3,5-10,14,20,22,25,27-31,34-39,41-43H,4,11-13H2,1H3,(H,44,45)/t20-,22-,25-,27-,28-,29+,30-,31+,34+,35+/m1/s1. The highest BCUT2D eigenvalue weighted by molar-refractivity contribution is 5.88. The summed E-state index contributed by atoms with van der Waals surface area (Å²) in [7, 11) is 1.44. The fourth-order valence-corrected chi connectivity index (χ4v) is 6.89. The van der Waals surface area contributed by atoms with Crippen LogP contribution in [-0.2, 0) is 28.5 Å². The van der Waals surface area contributed by atoms with E-state index in [1.807, 2.05) is 0 Å². The Hall–Kier alpha value is -4.68. The molecule has 0 saturated carbocycles. The van der Waals surface area contributed by atoms with Gasteiger partial charge in [-0.15, -0.1) is 0 Å². The summed E-state index contributed by atoms with van der Waals surface area (Å²) in [6, 6.07) is 7.55. The van der Waals surface area contributed by atoms with Crippen molar-refractivity contribution in [2.24, 2.45) is 11.8 Å². The Morgan fingerprint density at radius 3 is 2.47 bits per heavy atom.